The average Bonchev–Trinajstić information content (AvgIpc) is 2.76. The Bertz CT molecular complexity index is 402. The van der Waals surface area contributed by atoms with E-state index in [-0.39, 0.29) is 5.91 Å². The first-order valence-corrected chi connectivity index (χ1v) is 6.69. The number of nitrogens with one attached hydrogen (secondary N) is 2. The Balaban J connectivity index is 1.92. The molecule has 1 aromatic heterocycles. The lowest BCUT2D eigenvalue weighted by molar-refractivity contribution is 0.0937. The highest BCUT2D eigenvalue weighted by molar-refractivity contribution is 5.94. The number of amides is 1. The van der Waals surface area contributed by atoms with Crippen molar-refractivity contribution in [1.29, 1.82) is 0 Å². The maximum atomic E-state index is 12.0. The number of aromatic nitrogens is 1. The summed E-state index contributed by atoms with van der Waals surface area (Å²) in [7, 11) is 0. The summed E-state index contributed by atoms with van der Waals surface area (Å²) in [6.07, 6.45) is 5.03. The van der Waals surface area contributed by atoms with Crippen LogP contribution in [0.2, 0.25) is 0 Å². The summed E-state index contributed by atoms with van der Waals surface area (Å²) < 4.78 is 0. The Morgan fingerprint density at radius 3 is 2.83 bits per heavy atom. The third-order valence-electron chi connectivity index (χ3n) is 3.41. The fourth-order valence-electron chi connectivity index (χ4n) is 2.42. The van der Waals surface area contributed by atoms with Crippen molar-refractivity contribution in [2.45, 2.75) is 39.2 Å². The number of pyridine rings is 1. The molecule has 0 aliphatic heterocycles. The van der Waals surface area contributed by atoms with Gasteiger partial charge in [-0.25, -0.2) is 4.98 Å². The zero-order chi connectivity index (χ0) is 13.0. The Labute approximate surface area is 108 Å². The van der Waals surface area contributed by atoms with Crippen LogP contribution in [0, 0.1) is 5.92 Å². The minimum absolute atomic E-state index is 0.00958. The molecule has 4 nitrogen and oxygen atoms in total. The Hall–Kier alpha value is -1.58. The van der Waals surface area contributed by atoms with Crippen LogP contribution in [0.3, 0.4) is 0 Å². The van der Waals surface area contributed by atoms with Crippen molar-refractivity contribution in [2.75, 3.05) is 11.9 Å². The van der Waals surface area contributed by atoms with Crippen molar-refractivity contribution >= 4 is 11.7 Å². The number of hydrogen-bond acceptors (Lipinski definition) is 3. The second-order valence-corrected chi connectivity index (χ2v) is 5.05. The summed E-state index contributed by atoms with van der Waals surface area (Å²) in [6.45, 7) is 5.08. The van der Waals surface area contributed by atoms with Crippen LogP contribution in [0.25, 0.3) is 0 Å². The Morgan fingerprint density at radius 2 is 2.28 bits per heavy atom. The molecule has 1 amide bonds. The Morgan fingerprint density at radius 1 is 1.44 bits per heavy atom. The first-order chi connectivity index (χ1) is 8.69. The predicted molar refractivity (Wildman–Crippen MR) is 72.7 cm³/mol. The van der Waals surface area contributed by atoms with Gasteiger partial charge in [-0.2, -0.15) is 0 Å². The third-order valence-corrected chi connectivity index (χ3v) is 3.41. The number of carbonyl (C=O) groups is 1. The third kappa shape index (κ3) is 3.22. The van der Waals surface area contributed by atoms with Gasteiger partial charge >= 0.3 is 0 Å². The van der Waals surface area contributed by atoms with Gasteiger partial charge in [-0.15, -0.1) is 0 Å². The van der Waals surface area contributed by atoms with Crippen LogP contribution in [0.5, 0.6) is 0 Å². The molecule has 1 saturated carbocycles. The molecule has 1 heterocycles. The number of anilines is 1. The maximum Gasteiger partial charge on any atom is 0.253 e. The van der Waals surface area contributed by atoms with Gasteiger partial charge in [0.1, 0.15) is 5.82 Å². The lowest BCUT2D eigenvalue weighted by atomic mass is 10.1. The fourth-order valence-corrected chi connectivity index (χ4v) is 2.42. The lowest BCUT2D eigenvalue weighted by Crippen LogP contribution is -2.32. The van der Waals surface area contributed by atoms with Crippen molar-refractivity contribution < 1.29 is 4.79 Å². The molecular formula is C14H21N3O. The van der Waals surface area contributed by atoms with Crippen LogP contribution >= 0.6 is 0 Å². The highest BCUT2D eigenvalue weighted by Crippen LogP contribution is 2.24. The van der Waals surface area contributed by atoms with Crippen molar-refractivity contribution in [1.82, 2.24) is 10.3 Å². The van der Waals surface area contributed by atoms with Crippen LogP contribution in [0.1, 0.15) is 43.5 Å². The van der Waals surface area contributed by atoms with Gasteiger partial charge in [0.05, 0.1) is 5.56 Å². The lowest BCUT2D eigenvalue weighted by Gasteiger charge is -2.12. The minimum Gasteiger partial charge on any atom is -0.370 e. The van der Waals surface area contributed by atoms with Crippen LogP contribution in [-0.4, -0.2) is 23.5 Å². The maximum absolute atomic E-state index is 12.0. The van der Waals surface area contributed by atoms with E-state index in [0.717, 1.165) is 31.1 Å². The molecule has 4 heteroatoms. The average molecular weight is 247 g/mol. The molecule has 2 rings (SSSR count). The van der Waals surface area contributed by atoms with Gasteiger partial charge < -0.3 is 10.6 Å². The van der Waals surface area contributed by atoms with Gasteiger partial charge in [-0.1, -0.05) is 6.92 Å². The SMILES string of the molecule is CCNc1ccc(C(=O)NC2CCC(C)C2)cn1. The molecular weight excluding hydrogens is 226 g/mol. The molecule has 2 unspecified atom stereocenters. The predicted octanol–water partition coefficient (Wildman–Crippen LogP) is 2.43. The fraction of sp³-hybridized carbons (Fsp3) is 0.571. The molecule has 2 atom stereocenters. The van der Waals surface area contributed by atoms with Crippen LogP contribution in [0.15, 0.2) is 18.3 Å². The standard InChI is InChI=1S/C14H21N3O/c1-3-15-13-7-5-11(9-16-13)14(18)17-12-6-4-10(2)8-12/h5,7,9-10,12H,3-4,6,8H2,1-2H3,(H,15,16)(H,17,18). The van der Waals surface area contributed by atoms with Crippen molar-refractivity contribution in [2.24, 2.45) is 5.92 Å². The second-order valence-electron chi connectivity index (χ2n) is 5.05. The molecule has 1 aliphatic rings. The van der Waals surface area contributed by atoms with Crippen molar-refractivity contribution in [3.05, 3.63) is 23.9 Å². The summed E-state index contributed by atoms with van der Waals surface area (Å²) in [4.78, 5) is 16.2. The first kappa shape index (κ1) is 12.9. The summed E-state index contributed by atoms with van der Waals surface area (Å²) in [5.41, 5.74) is 0.635. The molecule has 0 spiro atoms. The van der Waals surface area contributed by atoms with Gasteiger partial charge in [0, 0.05) is 18.8 Å². The highest BCUT2D eigenvalue weighted by Gasteiger charge is 2.23. The van der Waals surface area contributed by atoms with Crippen molar-refractivity contribution in [3.8, 4) is 0 Å². The second kappa shape index (κ2) is 5.85. The quantitative estimate of drug-likeness (QED) is 0.859. The molecule has 2 N–H and O–H groups in total. The molecule has 1 aliphatic carbocycles. The molecule has 0 radical (unpaired) electrons. The van der Waals surface area contributed by atoms with Gasteiger partial charge in [0.15, 0.2) is 0 Å². The zero-order valence-corrected chi connectivity index (χ0v) is 11.1. The topological polar surface area (TPSA) is 54.0 Å². The number of nitrogens with zero attached hydrogens (tertiary/aromatic N) is 1. The van der Waals surface area contributed by atoms with Gasteiger partial charge in [0.2, 0.25) is 0 Å². The molecule has 0 aromatic carbocycles. The Kier molecular flexibility index (Phi) is 4.18. The molecule has 0 bridgehead atoms. The van der Waals surface area contributed by atoms with Gasteiger partial charge in [-0.05, 0) is 44.2 Å². The van der Waals surface area contributed by atoms with E-state index in [4.69, 9.17) is 0 Å². The molecule has 0 saturated heterocycles. The largest absolute Gasteiger partial charge is 0.370 e. The minimum atomic E-state index is -0.00958. The smallest absolute Gasteiger partial charge is 0.253 e. The number of hydrogen-bond donors (Lipinski definition) is 2. The van der Waals surface area contributed by atoms with Crippen LogP contribution in [0.4, 0.5) is 5.82 Å². The summed E-state index contributed by atoms with van der Waals surface area (Å²) in [5, 5.41) is 6.19. The number of rotatable bonds is 4. The van der Waals surface area contributed by atoms with E-state index in [0.29, 0.717) is 11.6 Å². The normalized spacial score (nSPS) is 22.8. The van der Waals surface area contributed by atoms with E-state index in [1.165, 1.54) is 6.42 Å². The van der Waals surface area contributed by atoms with Crippen LogP contribution < -0.4 is 10.6 Å². The van der Waals surface area contributed by atoms with Gasteiger partial charge in [0.25, 0.3) is 5.91 Å². The van der Waals surface area contributed by atoms with E-state index in [1.54, 1.807) is 6.20 Å². The van der Waals surface area contributed by atoms with Crippen LogP contribution in [-0.2, 0) is 0 Å². The number of carbonyl (C=O) groups excluding carboxylic acids is 1. The van der Waals surface area contributed by atoms with E-state index in [2.05, 4.69) is 22.5 Å². The van der Waals surface area contributed by atoms with E-state index in [1.807, 2.05) is 19.1 Å². The molecule has 1 aromatic rings. The highest BCUT2D eigenvalue weighted by atomic mass is 16.1. The summed E-state index contributed by atoms with van der Waals surface area (Å²) in [5.74, 6) is 1.53. The van der Waals surface area contributed by atoms with Gasteiger partial charge in [-0.3, -0.25) is 4.79 Å². The summed E-state index contributed by atoms with van der Waals surface area (Å²) in [6, 6.07) is 4.00. The van der Waals surface area contributed by atoms with E-state index in [9.17, 15) is 4.79 Å². The van der Waals surface area contributed by atoms with Crippen molar-refractivity contribution in [3.63, 3.8) is 0 Å². The first-order valence-electron chi connectivity index (χ1n) is 6.69. The molecule has 98 valence electrons. The summed E-state index contributed by atoms with van der Waals surface area (Å²) >= 11 is 0. The van der Waals surface area contributed by atoms with E-state index < -0.39 is 0 Å². The van der Waals surface area contributed by atoms with E-state index >= 15 is 0 Å². The monoisotopic (exact) mass is 247 g/mol. The molecule has 18 heavy (non-hydrogen) atoms. The zero-order valence-electron chi connectivity index (χ0n) is 11.1. The molecule has 1 fully saturated rings.